The average molecular weight is 246 g/mol. The van der Waals surface area contributed by atoms with Crippen LogP contribution >= 0.6 is 0 Å². The number of hydrogen-bond donors (Lipinski definition) is 1. The van der Waals surface area contributed by atoms with E-state index in [0.29, 0.717) is 11.3 Å². The van der Waals surface area contributed by atoms with Gasteiger partial charge in [0.25, 0.3) is 0 Å². The summed E-state index contributed by atoms with van der Waals surface area (Å²) in [5.41, 5.74) is 7.86. The van der Waals surface area contributed by atoms with Crippen LogP contribution in [0.2, 0.25) is 0 Å². The maximum atomic E-state index is 11.9. The monoisotopic (exact) mass is 246 g/mol. The van der Waals surface area contributed by atoms with E-state index < -0.39 is 0 Å². The van der Waals surface area contributed by atoms with Crippen LogP contribution in [0.4, 0.5) is 0 Å². The van der Waals surface area contributed by atoms with Crippen LogP contribution in [0.1, 0.15) is 15.9 Å². The molecule has 0 aliphatic rings. The second-order valence-electron chi connectivity index (χ2n) is 3.70. The van der Waals surface area contributed by atoms with E-state index in [0.717, 1.165) is 5.56 Å². The second kappa shape index (κ2) is 7.17. The Bertz CT molecular complexity index is 535. The molecule has 0 aromatic heterocycles. The van der Waals surface area contributed by atoms with Crippen molar-refractivity contribution in [3.63, 3.8) is 0 Å². The molecule has 0 atom stereocenters. The van der Waals surface area contributed by atoms with Gasteiger partial charge in [-0.05, 0) is 5.56 Å². The molecular formula is C15H13NNaO. The van der Waals surface area contributed by atoms with Gasteiger partial charge in [0.2, 0.25) is 0 Å². The molecule has 1 radical (unpaired) electrons. The molecule has 3 heteroatoms. The van der Waals surface area contributed by atoms with Gasteiger partial charge < -0.3 is 5.73 Å². The molecule has 0 unspecified atom stereocenters. The number of rotatable bonds is 3. The third kappa shape index (κ3) is 3.84. The number of allylic oxidation sites excluding steroid dienone is 1. The van der Waals surface area contributed by atoms with E-state index in [-0.39, 0.29) is 35.3 Å². The summed E-state index contributed by atoms with van der Waals surface area (Å²) in [6.45, 7) is 0. The topological polar surface area (TPSA) is 43.1 Å². The number of ketones is 1. The van der Waals surface area contributed by atoms with Gasteiger partial charge in [-0.1, -0.05) is 60.7 Å². The molecule has 0 spiro atoms. The SMILES string of the molecule is NC(=CC(=O)c1ccccc1)c1ccccc1.[Na]. The summed E-state index contributed by atoms with van der Waals surface area (Å²) in [6.07, 6.45) is 1.46. The van der Waals surface area contributed by atoms with Crippen molar-refractivity contribution in [3.05, 3.63) is 77.9 Å². The van der Waals surface area contributed by atoms with Gasteiger partial charge in [-0.25, -0.2) is 0 Å². The van der Waals surface area contributed by atoms with Gasteiger partial charge in [-0.2, -0.15) is 0 Å². The number of hydrogen-bond acceptors (Lipinski definition) is 2. The van der Waals surface area contributed by atoms with Crippen LogP contribution in [0, 0.1) is 0 Å². The molecule has 0 heterocycles. The zero-order valence-electron chi connectivity index (χ0n) is 10.3. The molecule has 0 aliphatic heterocycles. The van der Waals surface area contributed by atoms with Crippen LogP contribution in [0.5, 0.6) is 0 Å². The first-order valence-electron chi connectivity index (χ1n) is 5.39. The summed E-state index contributed by atoms with van der Waals surface area (Å²) in [6, 6.07) is 18.5. The molecule has 0 aliphatic carbocycles. The Balaban J connectivity index is 0.00000162. The van der Waals surface area contributed by atoms with Crippen LogP contribution < -0.4 is 5.73 Å². The Hall–Kier alpha value is -1.35. The summed E-state index contributed by atoms with van der Waals surface area (Å²) in [7, 11) is 0. The molecule has 2 nitrogen and oxygen atoms in total. The molecule has 0 amide bonds. The molecule has 18 heavy (non-hydrogen) atoms. The van der Waals surface area contributed by atoms with Crippen molar-refractivity contribution in [2.24, 2.45) is 5.73 Å². The fraction of sp³-hybridized carbons (Fsp3) is 0. The van der Waals surface area contributed by atoms with Crippen LogP contribution in [0.3, 0.4) is 0 Å². The van der Waals surface area contributed by atoms with Crippen LogP contribution in [0.25, 0.3) is 5.70 Å². The Morgan fingerprint density at radius 1 is 0.833 bits per heavy atom. The normalized spacial score (nSPS) is 10.6. The van der Waals surface area contributed by atoms with Crippen molar-refractivity contribution in [2.75, 3.05) is 0 Å². The molecule has 2 aromatic carbocycles. The molecule has 2 rings (SSSR count). The average Bonchev–Trinajstić information content (AvgIpc) is 2.40. The molecule has 2 aromatic rings. The van der Waals surface area contributed by atoms with E-state index in [1.54, 1.807) is 12.1 Å². The third-order valence-electron chi connectivity index (χ3n) is 2.45. The maximum Gasteiger partial charge on any atom is 0.187 e. The number of benzene rings is 2. The van der Waals surface area contributed by atoms with Crippen molar-refractivity contribution < 1.29 is 4.79 Å². The Kier molecular flexibility index (Phi) is 5.86. The fourth-order valence-electron chi connectivity index (χ4n) is 1.54. The largest absolute Gasteiger partial charge is 0.398 e. The van der Waals surface area contributed by atoms with Crippen LogP contribution in [-0.4, -0.2) is 35.3 Å². The van der Waals surface area contributed by atoms with Gasteiger partial charge in [0.1, 0.15) is 0 Å². The Labute approximate surface area is 129 Å². The first-order chi connectivity index (χ1) is 8.27. The van der Waals surface area contributed by atoms with E-state index in [2.05, 4.69) is 0 Å². The number of nitrogens with two attached hydrogens (primary N) is 1. The van der Waals surface area contributed by atoms with Crippen molar-refractivity contribution >= 4 is 41.0 Å². The van der Waals surface area contributed by atoms with Crippen LogP contribution in [0.15, 0.2) is 66.7 Å². The van der Waals surface area contributed by atoms with E-state index >= 15 is 0 Å². The van der Waals surface area contributed by atoms with E-state index in [4.69, 9.17) is 5.73 Å². The zero-order valence-corrected chi connectivity index (χ0v) is 12.3. The molecular weight excluding hydrogens is 233 g/mol. The summed E-state index contributed by atoms with van der Waals surface area (Å²) in [4.78, 5) is 11.9. The first-order valence-corrected chi connectivity index (χ1v) is 5.39. The minimum absolute atomic E-state index is 0. The zero-order chi connectivity index (χ0) is 12.1. The van der Waals surface area contributed by atoms with Crippen molar-refractivity contribution in [2.45, 2.75) is 0 Å². The minimum atomic E-state index is -0.0769. The molecule has 2 N–H and O–H groups in total. The van der Waals surface area contributed by atoms with Gasteiger partial charge in [-0.15, -0.1) is 0 Å². The fourth-order valence-corrected chi connectivity index (χ4v) is 1.54. The van der Waals surface area contributed by atoms with Gasteiger partial charge in [0.15, 0.2) is 5.78 Å². The van der Waals surface area contributed by atoms with Gasteiger partial charge in [-0.3, -0.25) is 4.79 Å². The maximum absolute atomic E-state index is 11.9. The standard InChI is InChI=1S/C15H13NO.Na/c16-14(12-7-3-1-4-8-12)11-15(17)13-9-5-2-6-10-13;/h1-11H,16H2;. The van der Waals surface area contributed by atoms with Crippen molar-refractivity contribution in [3.8, 4) is 0 Å². The van der Waals surface area contributed by atoms with Gasteiger partial charge >= 0.3 is 0 Å². The molecule has 0 saturated heterocycles. The molecule has 0 fully saturated rings. The predicted octanol–water partition coefficient (Wildman–Crippen LogP) is 2.49. The minimum Gasteiger partial charge on any atom is -0.398 e. The predicted molar refractivity (Wildman–Crippen MR) is 75.1 cm³/mol. The van der Waals surface area contributed by atoms with Crippen molar-refractivity contribution in [1.29, 1.82) is 0 Å². The summed E-state index contributed by atoms with van der Waals surface area (Å²) in [5, 5.41) is 0. The molecule has 0 saturated carbocycles. The first kappa shape index (κ1) is 14.7. The number of carbonyl (C=O) groups is 1. The Morgan fingerprint density at radius 2 is 1.28 bits per heavy atom. The van der Waals surface area contributed by atoms with Crippen molar-refractivity contribution in [1.82, 2.24) is 0 Å². The number of carbonyl (C=O) groups excluding carboxylic acids is 1. The summed E-state index contributed by atoms with van der Waals surface area (Å²) >= 11 is 0. The van der Waals surface area contributed by atoms with Gasteiger partial charge in [0, 0.05) is 46.9 Å². The summed E-state index contributed by atoms with van der Waals surface area (Å²) in [5.74, 6) is -0.0769. The van der Waals surface area contributed by atoms with E-state index in [1.165, 1.54) is 6.08 Å². The van der Waals surface area contributed by atoms with E-state index in [9.17, 15) is 4.79 Å². The van der Waals surface area contributed by atoms with Crippen LogP contribution in [-0.2, 0) is 0 Å². The third-order valence-corrected chi connectivity index (χ3v) is 2.45. The smallest absolute Gasteiger partial charge is 0.187 e. The molecule has 85 valence electrons. The van der Waals surface area contributed by atoms with Gasteiger partial charge in [0.05, 0.1) is 0 Å². The van der Waals surface area contributed by atoms with E-state index in [1.807, 2.05) is 48.5 Å². The summed E-state index contributed by atoms with van der Waals surface area (Å²) < 4.78 is 0. The molecule has 0 bridgehead atoms. The quantitative estimate of drug-likeness (QED) is 0.513. The Morgan fingerprint density at radius 3 is 1.78 bits per heavy atom. The second-order valence-corrected chi connectivity index (χ2v) is 3.70.